The van der Waals surface area contributed by atoms with Crippen LogP contribution in [0.5, 0.6) is 0 Å². The molecular weight excluding hydrogens is 344 g/mol. The molecule has 2 aliphatic heterocycles. The number of nitrogens with zero attached hydrogens (tertiary/aromatic N) is 2. The van der Waals surface area contributed by atoms with E-state index >= 15 is 0 Å². The van der Waals surface area contributed by atoms with Gasteiger partial charge >= 0.3 is 5.97 Å². The van der Waals surface area contributed by atoms with Crippen LogP contribution in [0, 0.1) is 23.2 Å². The SMILES string of the molecule is CC(=O)N1CCN(CC2C(=O)O[C@@H]3CC4=CCC[C@H](C)[C@@]4(C)[C@@H](O)[C@H]23)CC1. The summed E-state index contributed by atoms with van der Waals surface area (Å²) in [5, 5.41) is 11.4. The molecule has 2 heterocycles. The predicted molar refractivity (Wildman–Crippen MR) is 101 cm³/mol. The molecule has 1 unspecified atom stereocenters. The highest BCUT2D eigenvalue weighted by Crippen LogP contribution is 2.56. The Morgan fingerprint density at radius 1 is 1.33 bits per heavy atom. The van der Waals surface area contributed by atoms with Crippen molar-refractivity contribution in [3.8, 4) is 0 Å². The number of fused-ring (bicyclic) bond motifs is 2. The number of piperazine rings is 1. The maximum Gasteiger partial charge on any atom is 0.311 e. The lowest BCUT2D eigenvalue weighted by Gasteiger charge is -2.52. The molecule has 0 aromatic rings. The van der Waals surface area contributed by atoms with Crippen molar-refractivity contribution in [3.63, 3.8) is 0 Å². The molecule has 2 aliphatic carbocycles. The molecular formula is C21H32N2O4. The molecule has 0 aromatic heterocycles. The van der Waals surface area contributed by atoms with Gasteiger partial charge in [0.05, 0.1) is 12.0 Å². The minimum absolute atomic E-state index is 0.108. The molecule has 0 spiro atoms. The molecule has 6 nitrogen and oxygen atoms in total. The molecule has 27 heavy (non-hydrogen) atoms. The normalized spacial score (nSPS) is 42.2. The molecule has 4 rings (SSSR count). The third-order valence-electron chi connectivity index (χ3n) is 7.84. The number of hydrogen-bond donors (Lipinski definition) is 1. The minimum Gasteiger partial charge on any atom is -0.461 e. The van der Waals surface area contributed by atoms with E-state index in [1.807, 2.05) is 4.90 Å². The van der Waals surface area contributed by atoms with Crippen LogP contribution in [0.2, 0.25) is 0 Å². The smallest absolute Gasteiger partial charge is 0.311 e. The van der Waals surface area contributed by atoms with Crippen molar-refractivity contribution in [2.24, 2.45) is 23.2 Å². The van der Waals surface area contributed by atoms with E-state index in [1.54, 1.807) is 6.92 Å². The Labute approximate surface area is 161 Å². The third-order valence-corrected chi connectivity index (χ3v) is 7.84. The van der Waals surface area contributed by atoms with Crippen LogP contribution in [-0.4, -0.2) is 71.7 Å². The van der Waals surface area contributed by atoms with Gasteiger partial charge in [0.15, 0.2) is 0 Å². The number of amides is 1. The van der Waals surface area contributed by atoms with Crippen LogP contribution in [0.25, 0.3) is 0 Å². The Morgan fingerprint density at radius 3 is 2.70 bits per heavy atom. The first-order chi connectivity index (χ1) is 12.8. The van der Waals surface area contributed by atoms with Crippen molar-refractivity contribution >= 4 is 11.9 Å². The molecule has 0 bridgehead atoms. The number of ether oxygens (including phenoxy) is 1. The quantitative estimate of drug-likeness (QED) is 0.583. The van der Waals surface area contributed by atoms with Crippen LogP contribution in [0.4, 0.5) is 0 Å². The first-order valence-electron chi connectivity index (χ1n) is 10.4. The fraction of sp³-hybridized carbons (Fsp3) is 0.810. The number of carbonyl (C=O) groups is 2. The molecule has 1 N–H and O–H groups in total. The summed E-state index contributed by atoms with van der Waals surface area (Å²) in [4.78, 5) is 28.3. The van der Waals surface area contributed by atoms with Crippen LogP contribution in [0.3, 0.4) is 0 Å². The van der Waals surface area contributed by atoms with Gasteiger partial charge in [-0.1, -0.05) is 25.5 Å². The van der Waals surface area contributed by atoms with Gasteiger partial charge < -0.3 is 14.7 Å². The fourth-order valence-electron chi connectivity index (χ4n) is 5.80. The van der Waals surface area contributed by atoms with Crippen LogP contribution in [-0.2, 0) is 14.3 Å². The van der Waals surface area contributed by atoms with Gasteiger partial charge in [-0.25, -0.2) is 0 Å². The maximum absolute atomic E-state index is 12.7. The number of hydrogen-bond acceptors (Lipinski definition) is 5. The van der Waals surface area contributed by atoms with Gasteiger partial charge in [-0.2, -0.15) is 0 Å². The van der Waals surface area contributed by atoms with Gasteiger partial charge in [0.25, 0.3) is 0 Å². The van der Waals surface area contributed by atoms with E-state index in [9.17, 15) is 14.7 Å². The van der Waals surface area contributed by atoms with Gasteiger partial charge in [0.1, 0.15) is 6.10 Å². The number of allylic oxidation sites excluding steroid dienone is 1. The van der Waals surface area contributed by atoms with Gasteiger partial charge in [-0.3, -0.25) is 14.5 Å². The Kier molecular flexibility index (Phi) is 4.83. The zero-order valence-electron chi connectivity index (χ0n) is 16.7. The van der Waals surface area contributed by atoms with Crippen LogP contribution in [0.15, 0.2) is 11.6 Å². The summed E-state index contributed by atoms with van der Waals surface area (Å²) >= 11 is 0. The topological polar surface area (TPSA) is 70.1 Å². The standard InChI is InChI=1S/C21H32N2O4/c1-13-5-4-6-15-11-17-18(19(25)21(13,15)3)16(20(26)27-17)12-22-7-9-23(10-8-22)14(2)24/h6,13,16-19,25H,4-5,7-12H2,1-3H3/t13-,16?,17+,18+,19-,21+/m0/s1. The Morgan fingerprint density at radius 2 is 2.04 bits per heavy atom. The van der Waals surface area contributed by atoms with Crippen molar-refractivity contribution in [3.05, 3.63) is 11.6 Å². The number of aliphatic hydroxyl groups excluding tert-OH is 1. The van der Waals surface area contributed by atoms with E-state index in [0.717, 1.165) is 32.4 Å². The lowest BCUT2D eigenvalue weighted by atomic mass is 9.55. The van der Waals surface area contributed by atoms with Gasteiger partial charge in [-0.05, 0) is 18.8 Å². The summed E-state index contributed by atoms with van der Waals surface area (Å²) in [5.74, 6) is -0.0545. The Bertz CT molecular complexity index is 655. The Hall–Kier alpha value is -1.40. The van der Waals surface area contributed by atoms with E-state index in [4.69, 9.17) is 4.74 Å². The highest BCUT2D eigenvalue weighted by atomic mass is 16.6. The molecule has 0 aromatic carbocycles. The summed E-state index contributed by atoms with van der Waals surface area (Å²) < 4.78 is 5.75. The average molecular weight is 376 g/mol. The highest BCUT2D eigenvalue weighted by Gasteiger charge is 2.59. The summed E-state index contributed by atoms with van der Waals surface area (Å²) in [6.45, 7) is 9.58. The summed E-state index contributed by atoms with van der Waals surface area (Å²) in [6, 6.07) is 0. The van der Waals surface area contributed by atoms with Crippen molar-refractivity contribution < 1.29 is 19.4 Å². The average Bonchev–Trinajstić information content (AvgIpc) is 2.94. The molecule has 1 amide bonds. The van der Waals surface area contributed by atoms with Crippen LogP contribution in [0.1, 0.15) is 40.0 Å². The molecule has 6 heteroatoms. The molecule has 2 saturated heterocycles. The molecule has 3 fully saturated rings. The van der Waals surface area contributed by atoms with E-state index in [-0.39, 0.29) is 35.2 Å². The minimum atomic E-state index is -0.548. The second-order valence-electron chi connectivity index (χ2n) is 9.11. The monoisotopic (exact) mass is 376 g/mol. The Balaban J connectivity index is 1.50. The third kappa shape index (κ3) is 3.01. The molecule has 6 atom stereocenters. The molecule has 0 radical (unpaired) electrons. The maximum atomic E-state index is 12.7. The summed E-state index contributed by atoms with van der Waals surface area (Å²) in [5.41, 5.74) is 1.03. The first-order valence-corrected chi connectivity index (χ1v) is 10.4. The lowest BCUT2D eigenvalue weighted by molar-refractivity contribution is -0.145. The number of aliphatic hydroxyl groups is 1. The van der Waals surface area contributed by atoms with Crippen molar-refractivity contribution in [1.82, 2.24) is 9.80 Å². The van der Waals surface area contributed by atoms with Crippen LogP contribution < -0.4 is 0 Å². The molecule has 1 saturated carbocycles. The van der Waals surface area contributed by atoms with Crippen LogP contribution >= 0.6 is 0 Å². The second kappa shape index (κ2) is 6.89. The van der Waals surface area contributed by atoms with Crippen molar-refractivity contribution in [1.29, 1.82) is 0 Å². The zero-order chi connectivity index (χ0) is 19.3. The van der Waals surface area contributed by atoms with E-state index in [2.05, 4.69) is 24.8 Å². The fourth-order valence-corrected chi connectivity index (χ4v) is 5.80. The summed E-state index contributed by atoms with van der Waals surface area (Å²) in [7, 11) is 0. The van der Waals surface area contributed by atoms with Gasteiger partial charge in [0.2, 0.25) is 5.91 Å². The van der Waals surface area contributed by atoms with Gasteiger partial charge in [-0.15, -0.1) is 0 Å². The van der Waals surface area contributed by atoms with Crippen molar-refractivity contribution in [2.75, 3.05) is 32.7 Å². The zero-order valence-corrected chi connectivity index (χ0v) is 16.7. The number of carbonyl (C=O) groups excluding carboxylic acids is 2. The lowest BCUT2D eigenvalue weighted by Crippen LogP contribution is -2.55. The molecule has 150 valence electrons. The van der Waals surface area contributed by atoms with Crippen molar-refractivity contribution in [2.45, 2.75) is 52.2 Å². The predicted octanol–water partition coefficient (Wildman–Crippen LogP) is 1.44. The summed E-state index contributed by atoms with van der Waals surface area (Å²) in [6.07, 6.45) is 4.42. The largest absolute Gasteiger partial charge is 0.461 e. The van der Waals surface area contributed by atoms with E-state index < -0.39 is 6.10 Å². The first kappa shape index (κ1) is 18.9. The van der Waals surface area contributed by atoms with E-state index in [0.29, 0.717) is 25.6 Å². The van der Waals surface area contributed by atoms with E-state index in [1.165, 1.54) is 5.57 Å². The second-order valence-corrected chi connectivity index (χ2v) is 9.11. The highest BCUT2D eigenvalue weighted by molar-refractivity contribution is 5.76. The molecule has 4 aliphatic rings. The number of esters is 1. The van der Waals surface area contributed by atoms with Gasteiger partial charge in [0, 0.05) is 57.4 Å². The number of rotatable bonds is 2.